The SMILES string of the molecule is NS(=O)(=O)c1ccccc1OC1CCN(CC(=O)O)C1=O. The molecule has 0 bridgehead atoms. The normalized spacial score (nSPS) is 18.8. The molecule has 1 fully saturated rings. The third-order valence-electron chi connectivity index (χ3n) is 3.00. The molecule has 8 nitrogen and oxygen atoms in total. The number of nitrogens with zero attached hydrogens (tertiary/aromatic N) is 1. The van der Waals surface area contributed by atoms with Crippen molar-refractivity contribution in [3.05, 3.63) is 24.3 Å². The van der Waals surface area contributed by atoms with Gasteiger partial charge in [0.1, 0.15) is 17.2 Å². The maximum atomic E-state index is 12.0. The Morgan fingerprint density at radius 1 is 1.43 bits per heavy atom. The first-order valence-corrected chi connectivity index (χ1v) is 7.63. The van der Waals surface area contributed by atoms with E-state index in [2.05, 4.69) is 0 Å². The predicted molar refractivity (Wildman–Crippen MR) is 71.1 cm³/mol. The molecule has 1 amide bonds. The van der Waals surface area contributed by atoms with E-state index in [9.17, 15) is 18.0 Å². The molecule has 0 radical (unpaired) electrons. The Hall–Kier alpha value is -2.13. The first-order chi connectivity index (χ1) is 9.79. The van der Waals surface area contributed by atoms with Gasteiger partial charge in [-0.15, -0.1) is 0 Å². The number of carboxylic acids is 1. The Balaban J connectivity index is 2.17. The molecular weight excluding hydrogens is 300 g/mol. The molecule has 21 heavy (non-hydrogen) atoms. The van der Waals surface area contributed by atoms with Crippen LogP contribution in [0.25, 0.3) is 0 Å². The van der Waals surface area contributed by atoms with Gasteiger partial charge in [-0.1, -0.05) is 12.1 Å². The van der Waals surface area contributed by atoms with Gasteiger partial charge in [0.2, 0.25) is 10.0 Å². The van der Waals surface area contributed by atoms with Crippen molar-refractivity contribution >= 4 is 21.9 Å². The van der Waals surface area contributed by atoms with Gasteiger partial charge in [0.05, 0.1) is 0 Å². The molecule has 3 N–H and O–H groups in total. The highest BCUT2D eigenvalue weighted by atomic mass is 32.2. The van der Waals surface area contributed by atoms with E-state index in [4.69, 9.17) is 15.0 Å². The molecule has 0 spiro atoms. The van der Waals surface area contributed by atoms with Crippen molar-refractivity contribution < 1.29 is 27.9 Å². The number of benzene rings is 1. The van der Waals surface area contributed by atoms with E-state index in [-0.39, 0.29) is 23.6 Å². The summed E-state index contributed by atoms with van der Waals surface area (Å²) < 4.78 is 28.3. The van der Waals surface area contributed by atoms with Gasteiger partial charge < -0.3 is 14.7 Å². The van der Waals surface area contributed by atoms with Crippen molar-refractivity contribution in [2.75, 3.05) is 13.1 Å². The molecule has 1 heterocycles. The maximum Gasteiger partial charge on any atom is 0.323 e. The van der Waals surface area contributed by atoms with Gasteiger partial charge in [-0.2, -0.15) is 0 Å². The van der Waals surface area contributed by atoms with Crippen molar-refractivity contribution in [2.45, 2.75) is 17.4 Å². The monoisotopic (exact) mass is 314 g/mol. The number of primary sulfonamides is 1. The third-order valence-corrected chi connectivity index (χ3v) is 3.95. The first-order valence-electron chi connectivity index (χ1n) is 6.08. The highest BCUT2D eigenvalue weighted by Crippen LogP contribution is 2.25. The summed E-state index contributed by atoms with van der Waals surface area (Å²) in [5.41, 5.74) is 0. The fraction of sp³-hybridized carbons (Fsp3) is 0.333. The summed E-state index contributed by atoms with van der Waals surface area (Å²) in [5.74, 6) is -1.62. The van der Waals surface area contributed by atoms with Crippen LogP contribution in [0.1, 0.15) is 6.42 Å². The van der Waals surface area contributed by atoms with E-state index >= 15 is 0 Å². The molecule has 1 aliphatic rings. The van der Waals surface area contributed by atoms with Crippen LogP contribution in [0.2, 0.25) is 0 Å². The highest BCUT2D eigenvalue weighted by molar-refractivity contribution is 7.89. The zero-order valence-corrected chi connectivity index (χ0v) is 11.7. The number of hydrogen-bond acceptors (Lipinski definition) is 5. The molecule has 1 aliphatic heterocycles. The van der Waals surface area contributed by atoms with Crippen LogP contribution >= 0.6 is 0 Å². The van der Waals surface area contributed by atoms with Crippen LogP contribution in [0.15, 0.2) is 29.2 Å². The summed E-state index contributed by atoms with van der Waals surface area (Å²) in [5, 5.41) is 13.8. The summed E-state index contributed by atoms with van der Waals surface area (Å²) in [6, 6.07) is 5.71. The number of aliphatic carboxylic acids is 1. The standard InChI is InChI=1S/C12H14N2O6S/c13-21(18,19)10-4-2-1-3-8(10)20-9-5-6-14(12(9)17)7-11(15)16/h1-4,9H,5-7H2,(H,15,16)(H2,13,18,19). The molecule has 1 aromatic rings. The molecule has 1 aromatic carbocycles. The number of nitrogens with two attached hydrogens (primary N) is 1. The van der Waals surface area contributed by atoms with Gasteiger partial charge in [-0.3, -0.25) is 9.59 Å². The minimum absolute atomic E-state index is 0.0180. The maximum absolute atomic E-state index is 12.0. The topological polar surface area (TPSA) is 127 Å². The minimum atomic E-state index is -3.97. The Bertz CT molecular complexity index is 672. The lowest BCUT2D eigenvalue weighted by atomic mass is 10.3. The van der Waals surface area contributed by atoms with Gasteiger partial charge in [0.15, 0.2) is 6.10 Å². The summed E-state index contributed by atoms with van der Waals surface area (Å²) in [7, 11) is -3.97. The fourth-order valence-electron chi connectivity index (χ4n) is 2.08. The fourth-order valence-corrected chi connectivity index (χ4v) is 2.74. The van der Waals surface area contributed by atoms with Crippen molar-refractivity contribution in [3.8, 4) is 5.75 Å². The largest absolute Gasteiger partial charge is 0.480 e. The average Bonchev–Trinajstić information content (AvgIpc) is 2.70. The molecule has 2 rings (SSSR count). The van der Waals surface area contributed by atoms with E-state index in [1.165, 1.54) is 18.2 Å². The molecule has 0 aromatic heterocycles. The van der Waals surface area contributed by atoms with Crippen LogP contribution in [-0.2, 0) is 19.6 Å². The molecule has 114 valence electrons. The number of para-hydroxylation sites is 1. The van der Waals surface area contributed by atoms with Crippen LogP contribution in [0.4, 0.5) is 0 Å². The quantitative estimate of drug-likeness (QED) is 0.747. The third kappa shape index (κ3) is 3.50. The van der Waals surface area contributed by atoms with Crippen LogP contribution in [-0.4, -0.2) is 49.5 Å². The number of carbonyl (C=O) groups is 2. The van der Waals surface area contributed by atoms with Crippen LogP contribution in [0, 0.1) is 0 Å². The summed E-state index contributed by atoms with van der Waals surface area (Å²) >= 11 is 0. The van der Waals surface area contributed by atoms with Gasteiger partial charge in [-0.05, 0) is 12.1 Å². The molecule has 1 atom stereocenters. The smallest absolute Gasteiger partial charge is 0.323 e. The zero-order valence-electron chi connectivity index (χ0n) is 10.9. The van der Waals surface area contributed by atoms with Crippen molar-refractivity contribution in [1.29, 1.82) is 0 Å². The number of rotatable bonds is 5. The van der Waals surface area contributed by atoms with Crippen molar-refractivity contribution in [3.63, 3.8) is 0 Å². The number of carbonyl (C=O) groups excluding carboxylic acids is 1. The number of sulfonamides is 1. The van der Waals surface area contributed by atoms with E-state index in [1.807, 2.05) is 0 Å². The van der Waals surface area contributed by atoms with Crippen LogP contribution in [0.3, 0.4) is 0 Å². The highest BCUT2D eigenvalue weighted by Gasteiger charge is 2.35. The molecule has 9 heteroatoms. The molecule has 0 aliphatic carbocycles. The molecular formula is C12H14N2O6S. The number of carboxylic acid groups (broad SMARTS) is 1. The van der Waals surface area contributed by atoms with Crippen LogP contribution < -0.4 is 9.88 Å². The predicted octanol–water partition coefficient (Wildman–Crippen LogP) is -0.602. The van der Waals surface area contributed by atoms with Crippen LogP contribution in [0.5, 0.6) is 5.75 Å². The Morgan fingerprint density at radius 2 is 2.10 bits per heavy atom. The second kappa shape index (κ2) is 5.70. The Kier molecular flexibility index (Phi) is 4.14. The lowest BCUT2D eigenvalue weighted by Gasteiger charge is -2.16. The van der Waals surface area contributed by atoms with E-state index < -0.39 is 34.5 Å². The number of likely N-dealkylation sites (tertiary alicyclic amines) is 1. The van der Waals surface area contributed by atoms with Crippen molar-refractivity contribution in [2.24, 2.45) is 5.14 Å². The number of hydrogen-bond donors (Lipinski definition) is 2. The summed E-state index contributed by atoms with van der Waals surface area (Å²) in [6.07, 6.45) is -0.627. The van der Waals surface area contributed by atoms with Gasteiger partial charge in [-0.25, -0.2) is 13.6 Å². The van der Waals surface area contributed by atoms with Gasteiger partial charge >= 0.3 is 5.97 Å². The summed E-state index contributed by atoms with van der Waals surface area (Å²) in [4.78, 5) is 23.5. The zero-order chi connectivity index (χ0) is 15.6. The Labute approximate surface area is 121 Å². The number of amides is 1. The first kappa shape index (κ1) is 15.3. The summed E-state index contributed by atoms with van der Waals surface area (Å²) in [6.45, 7) is -0.164. The minimum Gasteiger partial charge on any atom is -0.480 e. The lowest BCUT2D eigenvalue weighted by molar-refractivity contribution is -0.144. The van der Waals surface area contributed by atoms with E-state index in [0.29, 0.717) is 0 Å². The second-order valence-corrected chi connectivity index (χ2v) is 6.07. The van der Waals surface area contributed by atoms with E-state index in [1.54, 1.807) is 6.07 Å². The molecule has 0 saturated carbocycles. The van der Waals surface area contributed by atoms with Gasteiger partial charge in [0.25, 0.3) is 5.91 Å². The molecule has 1 saturated heterocycles. The average molecular weight is 314 g/mol. The van der Waals surface area contributed by atoms with Gasteiger partial charge in [0, 0.05) is 13.0 Å². The molecule has 1 unspecified atom stereocenters. The van der Waals surface area contributed by atoms with Crippen molar-refractivity contribution in [1.82, 2.24) is 4.90 Å². The Morgan fingerprint density at radius 3 is 2.71 bits per heavy atom. The van der Waals surface area contributed by atoms with E-state index in [0.717, 1.165) is 4.90 Å². The number of ether oxygens (including phenoxy) is 1. The lowest BCUT2D eigenvalue weighted by Crippen LogP contribution is -2.36. The second-order valence-electron chi connectivity index (χ2n) is 4.54.